The Kier molecular flexibility index (Phi) is 5.88. The van der Waals surface area contributed by atoms with E-state index in [-0.39, 0.29) is 11.9 Å². The van der Waals surface area contributed by atoms with E-state index in [1.165, 1.54) is 0 Å². The molecule has 1 aliphatic rings. The highest BCUT2D eigenvalue weighted by Gasteiger charge is 2.27. The molecule has 26 heavy (non-hydrogen) atoms. The summed E-state index contributed by atoms with van der Waals surface area (Å²) in [5, 5.41) is 3.11. The summed E-state index contributed by atoms with van der Waals surface area (Å²) in [5.41, 5.74) is 1.04. The predicted octanol–water partition coefficient (Wildman–Crippen LogP) is 1.82. The standard InChI is InChI=1S/C19H24N4O3/c1-25-16-6-4-3-5-14(16)7-8-17(24)22-15-9-12-23(13-15)18-19(26-2)21-11-10-20-18/h3-6,10-11,15H,7-9,12-13H2,1-2H3,(H,22,24). The van der Waals surface area contributed by atoms with Gasteiger partial charge in [0.2, 0.25) is 5.91 Å². The Morgan fingerprint density at radius 3 is 2.85 bits per heavy atom. The quantitative estimate of drug-likeness (QED) is 0.816. The smallest absolute Gasteiger partial charge is 0.257 e. The van der Waals surface area contributed by atoms with Crippen LogP contribution in [-0.2, 0) is 11.2 Å². The number of hydrogen-bond acceptors (Lipinski definition) is 6. The molecule has 0 radical (unpaired) electrons. The molecule has 7 heteroatoms. The monoisotopic (exact) mass is 356 g/mol. The van der Waals surface area contributed by atoms with Gasteiger partial charge in [-0.2, -0.15) is 0 Å². The fourth-order valence-corrected chi connectivity index (χ4v) is 3.21. The zero-order chi connectivity index (χ0) is 18.4. The van der Waals surface area contributed by atoms with Crippen molar-refractivity contribution in [1.82, 2.24) is 15.3 Å². The van der Waals surface area contributed by atoms with Gasteiger partial charge in [0.15, 0.2) is 5.82 Å². The van der Waals surface area contributed by atoms with Gasteiger partial charge in [-0.25, -0.2) is 9.97 Å². The number of para-hydroxylation sites is 1. The van der Waals surface area contributed by atoms with Crippen molar-refractivity contribution < 1.29 is 14.3 Å². The normalized spacial score (nSPS) is 16.4. The maximum absolute atomic E-state index is 12.3. The van der Waals surface area contributed by atoms with E-state index in [1.54, 1.807) is 26.6 Å². The van der Waals surface area contributed by atoms with E-state index < -0.39 is 0 Å². The second-order valence-electron chi connectivity index (χ2n) is 6.20. The average Bonchev–Trinajstić information content (AvgIpc) is 3.14. The van der Waals surface area contributed by atoms with E-state index in [1.807, 2.05) is 24.3 Å². The highest BCUT2D eigenvalue weighted by Crippen LogP contribution is 2.26. The van der Waals surface area contributed by atoms with Crippen molar-refractivity contribution in [3.8, 4) is 11.6 Å². The number of nitrogens with zero attached hydrogens (tertiary/aromatic N) is 3. The Morgan fingerprint density at radius 1 is 1.23 bits per heavy atom. The Morgan fingerprint density at radius 2 is 2.04 bits per heavy atom. The van der Waals surface area contributed by atoms with E-state index in [2.05, 4.69) is 20.2 Å². The number of aryl methyl sites for hydroxylation is 1. The highest BCUT2D eigenvalue weighted by atomic mass is 16.5. The number of carbonyl (C=O) groups excluding carboxylic acids is 1. The number of carbonyl (C=O) groups is 1. The van der Waals surface area contributed by atoms with Gasteiger partial charge >= 0.3 is 0 Å². The van der Waals surface area contributed by atoms with Crippen molar-refractivity contribution in [1.29, 1.82) is 0 Å². The lowest BCUT2D eigenvalue weighted by molar-refractivity contribution is -0.121. The Hall–Kier alpha value is -2.83. The zero-order valence-electron chi connectivity index (χ0n) is 15.1. The molecule has 0 saturated carbocycles. The first kappa shape index (κ1) is 18.0. The minimum absolute atomic E-state index is 0.0499. The van der Waals surface area contributed by atoms with Crippen molar-refractivity contribution >= 4 is 11.7 Å². The van der Waals surface area contributed by atoms with Gasteiger partial charge in [-0.05, 0) is 24.5 Å². The average molecular weight is 356 g/mol. The minimum atomic E-state index is 0.0499. The summed E-state index contributed by atoms with van der Waals surface area (Å²) in [6.45, 7) is 1.52. The number of amides is 1. The summed E-state index contributed by atoms with van der Waals surface area (Å²) in [5.74, 6) is 2.10. The molecule has 138 valence electrons. The molecular weight excluding hydrogens is 332 g/mol. The molecule has 0 aliphatic carbocycles. The molecule has 1 aromatic carbocycles. The van der Waals surface area contributed by atoms with Gasteiger partial charge in [-0.3, -0.25) is 4.79 Å². The number of nitrogens with one attached hydrogen (secondary N) is 1. The molecule has 0 spiro atoms. The topological polar surface area (TPSA) is 76.6 Å². The van der Waals surface area contributed by atoms with E-state index in [9.17, 15) is 4.79 Å². The van der Waals surface area contributed by atoms with Crippen LogP contribution in [-0.4, -0.2) is 49.2 Å². The molecule has 1 amide bonds. The number of hydrogen-bond donors (Lipinski definition) is 1. The van der Waals surface area contributed by atoms with Crippen LogP contribution in [0.1, 0.15) is 18.4 Å². The van der Waals surface area contributed by atoms with Crippen LogP contribution >= 0.6 is 0 Å². The summed E-state index contributed by atoms with van der Waals surface area (Å²) >= 11 is 0. The Labute approximate surface area is 153 Å². The van der Waals surface area contributed by atoms with Crippen LogP contribution in [0, 0.1) is 0 Å². The van der Waals surface area contributed by atoms with E-state index in [4.69, 9.17) is 9.47 Å². The van der Waals surface area contributed by atoms with Gasteiger partial charge in [0.25, 0.3) is 5.88 Å². The van der Waals surface area contributed by atoms with Crippen LogP contribution in [0.5, 0.6) is 11.6 Å². The first-order valence-corrected chi connectivity index (χ1v) is 8.72. The number of anilines is 1. The van der Waals surface area contributed by atoms with Crippen LogP contribution < -0.4 is 19.7 Å². The third-order valence-corrected chi connectivity index (χ3v) is 4.51. The third-order valence-electron chi connectivity index (χ3n) is 4.51. The van der Waals surface area contributed by atoms with Gasteiger partial charge in [-0.15, -0.1) is 0 Å². The predicted molar refractivity (Wildman–Crippen MR) is 98.7 cm³/mol. The van der Waals surface area contributed by atoms with Crippen molar-refractivity contribution in [2.45, 2.75) is 25.3 Å². The minimum Gasteiger partial charge on any atom is -0.496 e. The summed E-state index contributed by atoms with van der Waals surface area (Å²) in [6, 6.07) is 7.89. The van der Waals surface area contributed by atoms with Crippen molar-refractivity contribution in [2.75, 3.05) is 32.2 Å². The molecule has 1 aliphatic heterocycles. The number of rotatable bonds is 7. The lowest BCUT2D eigenvalue weighted by Crippen LogP contribution is -2.37. The fraction of sp³-hybridized carbons (Fsp3) is 0.421. The lowest BCUT2D eigenvalue weighted by atomic mass is 10.1. The number of methoxy groups -OCH3 is 2. The largest absolute Gasteiger partial charge is 0.496 e. The summed E-state index contributed by atoms with van der Waals surface area (Å²) in [7, 11) is 3.23. The van der Waals surface area contributed by atoms with Gasteiger partial charge in [0, 0.05) is 37.9 Å². The number of ether oxygens (including phenoxy) is 2. The van der Waals surface area contributed by atoms with Crippen LogP contribution in [0.2, 0.25) is 0 Å². The molecule has 2 aromatic rings. The van der Waals surface area contributed by atoms with Crippen LogP contribution in [0.25, 0.3) is 0 Å². The highest BCUT2D eigenvalue weighted by molar-refractivity contribution is 5.76. The lowest BCUT2D eigenvalue weighted by Gasteiger charge is -2.19. The summed E-state index contributed by atoms with van der Waals surface area (Å²) < 4.78 is 10.6. The Bertz CT molecular complexity index is 753. The van der Waals surface area contributed by atoms with E-state index in [0.717, 1.165) is 30.1 Å². The van der Waals surface area contributed by atoms with Crippen molar-refractivity contribution in [3.05, 3.63) is 42.2 Å². The number of aromatic nitrogens is 2. The van der Waals surface area contributed by atoms with Crippen LogP contribution in [0.4, 0.5) is 5.82 Å². The molecule has 1 fully saturated rings. The van der Waals surface area contributed by atoms with Crippen molar-refractivity contribution in [3.63, 3.8) is 0 Å². The molecule has 1 N–H and O–H groups in total. The maximum atomic E-state index is 12.3. The van der Waals surface area contributed by atoms with Gasteiger partial charge < -0.3 is 19.7 Å². The first-order chi connectivity index (χ1) is 12.7. The van der Waals surface area contributed by atoms with Gasteiger partial charge in [0.05, 0.1) is 14.2 Å². The van der Waals surface area contributed by atoms with E-state index >= 15 is 0 Å². The first-order valence-electron chi connectivity index (χ1n) is 8.72. The number of benzene rings is 1. The molecule has 7 nitrogen and oxygen atoms in total. The molecule has 1 aromatic heterocycles. The molecule has 3 rings (SSSR count). The molecule has 0 bridgehead atoms. The molecule has 1 saturated heterocycles. The molecule has 1 unspecified atom stereocenters. The Balaban J connectivity index is 1.51. The summed E-state index contributed by atoms with van der Waals surface area (Å²) in [6.07, 6.45) is 5.22. The van der Waals surface area contributed by atoms with E-state index in [0.29, 0.717) is 25.3 Å². The van der Waals surface area contributed by atoms with Crippen LogP contribution in [0.15, 0.2) is 36.7 Å². The molecular formula is C19H24N4O3. The molecule has 2 heterocycles. The van der Waals surface area contributed by atoms with Gasteiger partial charge in [0.1, 0.15) is 5.75 Å². The SMILES string of the molecule is COc1ccccc1CCC(=O)NC1CCN(c2nccnc2OC)C1. The molecule has 1 atom stereocenters. The van der Waals surface area contributed by atoms with Gasteiger partial charge in [-0.1, -0.05) is 18.2 Å². The third kappa shape index (κ3) is 4.22. The maximum Gasteiger partial charge on any atom is 0.257 e. The summed E-state index contributed by atoms with van der Waals surface area (Å²) in [4.78, 5) is 22.9. The zero-order valence-corrected chi connectivity index (χ0v) is 15.1. The second kappa shape index (κ2) is 8.51. The fourth-order valence-electron chi connectivity index (χ4n) is 3.21. The van der Waals surface area contributed by atoms with Crippen LogP contribution in [0.3, 0.4) is 0 Å². The second-order valence-corrected chi connectivity index (χ2v) is 6.20. The van der Waals surface area contributed by atoms with Crippen molar-refractivity contribution in [2.24, 2.45) is 0 Å².